The van der Waals surface area contributed by atoms with Crippen LogP contribution in [0.3, 0.4) is 0 Å². The third-order valence-electron chi connectivity index (χ3n) is 4.17. The molecular weight excluding hydrogens is 356 g/mol. The molecule has 2 aliphatic rings. The van der Waals surface area contributed by atoms with Gasteiger partial charge in [0.15, 0.2) is 11.9 Å². The first kappa shape index (κ1) is 18.6. The van der Waals surface area contributed by atoms with Crippen molar-refractivity contribution in [2.75, 3.05) is 39.3 Å². The quantitative estimate of drug-likeness (QED) is 0.369. The molecule has 0 radical (unpaired) electrons. The Kier molecular flexibility index (Phi) is 5.23. The molecule has 1 atom stereocenters. The average Bonchev–Trinajstić information content (AvgIpc) is 2.66. The van der Waals surface area contributed by atoms with E-state index in [1.165, 1.54) is 41.8 Å². The molecule has 11 nitrogen and oxygen atoms in total. The molecule has 27 heavy (non-hydrogen) atoms. The fraction of sp³-hybridized carbons (Fsp3) is 0.375. The van der Waals surface area contributed by atoms with Crippen molar-refractivity contribution in [3.05, 3.63) is 30.4 Å². The molecule has 142 valence electrons. The summed E-state index contributed by atoms with van der Waals surface area (Å²) in [5.74, 6) is -3.14. The number of methoxy groups -OCH3 is 1. The van der Waals surface area contributed by atoms with Crippen molar-refractivity contribution in [2.24, 2.45) is 0 Å². The molecule has 1 aromatic heterocycles. The van der Waals surface area contributed by atoms with Gasteiger partial charge in [-0.3, -0.25) is 29.2 Å². The van der Waals surface area contributed by atoms with Crippen molar-refractivity contribution in [1.29, 1.82) is 0 Å². The number of ether oxygens (including phenoxy) is 1. The number of Topliss-reactive ketones (excluding diaryl/α,β-unsaturated/α-hetero) is 2. The lowest BCUT2D eigenvalue weighted by molar-refractivity contribution is -0.170. The lowest BCUT2D eigenvalue weighted by Crippen LogP contribution is -2.67. The third-order valence-corrected chi connectivity index (χ3v) is 4.17. The molecule has 2 aliphatic heterocycles. The van der Waals surface area contributed by atoms with E-state index >= 15 is 0 Å². The molecule has 0 spiro atoms. The van der Waals surface area contributed by atoms with Gasteiger partial charge in [-0.25, -0.2) is 9.99 Å². The summed E-state index contributed by atoms with van der Waals surface area (Å²) in [6.07, 6.45) is 5.32. The lowest BCUT2D eigenvalue weighted by Gasteiger charge is -2.46. The van der Waals surface area contributed by atoms with Gasteiger partial charge in [0.1, 0.15) is 5.57 Å². The smallest absolute Gasteiger partial charge is 0.262 e. The highest BCUT2D eigenvalue weighted by Crippen LogP contribution is 2.23. The molecule has 0 saturated carbocycles. The summed E-state index contributed by atoms with van der Waals surface area (Å²) in [6, 6.07) is -1.32. The highest BCUT2D eigenvalue weighted by Gasteiger charge is 2.48. The first-order valence-corrected chi connectivity index (χ1v) is 8.09. The Morgan fingerprint density at radius 2 is 2.11 bits per heavy atom. The minimum Gasteiger partial charge on any atom is -0.383 e. The second kappa shape index (κ2) is 7.60. The normalized spacial score (nSPS) is 20.4. The van der Waals surface area contributed by atoms with Crippen molar-refractivity contribution < 1.29 is 23.9 Å². The number of aromatic nitrogens is 2. The number of carbonyl (C=O) groups excluding carboxylic acids is 4. The van der Waals surface area contributed by atoms with Gasteiger partial charge in [-0.05, 0) is 0 Å². The summed E-state index contributed by atoms with van der Waals surface area (Å²) < 4.78 is 4.96. The van der Waals surface area contributed by atoms with Crippen molar-refractivity contribution >= 4 is 29.2 Å². The molecule has 3 rings (SSSR count). The van der Waals surface area contributed by atoms with E-state index in [9.17, 15) is 19.2 Å². The standard InChI is InChI=1S/C16H18N6O5/c1-20-9-21(5-6-27-2)16(26)12-14(24)13(23)10(8-22(12)20)15(25)19-11-7-17-3-4-18-11/h3-4,7-8,12H,5-6,9H2,1-2H3,(H,18,19,25). The maximum absolute atomic E-state index is 12.6. The fourth-order valence-electron chi connectivity index (χ4n) is 2.82. The van der Waals surface area contributed by atoms with E-state index in [2.05, 4.69) is 15.3 Å². The number of rotatable bonds is 5. The molecule has 1 N–H and O–H groups in total. The SMILES string of the molecule is COCCN1CN(C)N2C=C(C(=O)Nc3cnccn3)C(=O)C(=O)C2C1=O. The number of anilines is 1. The molecule has 1 fully saturated rings. The Morgan fingerprint density at radius 3 is 2.78 bits per heavy atom. The topological polar surface area (TPSA) is 125 Å². The molecule has 0 aromatic carbocycles. The second-order valence-electron chi connectivity index (χ2n) is 5.96. The largest absolute Gasteiger partial charge is 0.383 e. The van der Waals surface area contributed by atoms with Crippen LogP contribution in [-0.2, 0) is 23.9 Å². The molecule has 1 unspecified atom stereocenters. The zero-order valence-electron chi connectivity index (χ0n) is 14.8. The summed E-state index contributed by atoms with van der Waals surface area (Å²) in [6.45, 7) is 0.779. The summed E-state index contributed by atoms with van der Waals surface area (Å²) >= 11 is 0. The van der Waals surface area contributed by atoms with Crippen molar-refractivity contribution in [1.82, 2.24) is 24.9 Å². The number of nitrogens with one attached hydrogen (secondary N) is 1. The van der Waals surface area contributed by atoms with E-state index in [-0.39, 0.29) is 24.6 Å². The van der Waals surface area contributed by atoms with Gasteiger partial charge in [-0.15, -0.1) is 0 Å². The number of ketones is 2. The van der Waals surface area contributed by atoms with Crippen LogP contribution in [-0.4, -0.2) is 88.3 Å². The number of hydrazine groups is 1. The van der Waals surface area contributed by atoms with Crippen LogP contribution >= 0.6 is 0 Å². The van der Waals surface area contributed by atoms with E-state index in [0.717, 1.165) is 0 Å². The Bertz CT molecular complexity index is 811. The molecule has 2 amide bonds. The maximum atomic E-state index is 12.6. The van der Waals surface area contributed by atoms with Gasteiger partial charge in [0.2, 0.25) is 11.6 Å². The predicted molar refractivity (Wildman–Crippen MR) is 90.6 cm³/mol. The summed E-state index contributed by atoms with van der Waals surface area (Å²) in [4.78, 5) is 59.1. The minimum absolute atomic E-state index is 0.139. The highest BCUT2D eigenvalue weighted by molar-refractivity contribution is 6.54. The van der Waals surface area contributed by atoms with Gasteiger partial charge >= 0.3 is 0 Å². The number of amides is 2. The summed E-state index contributed by atoms with van der Waals surface area (Å²) in [5.41, 5.74) is -0.369. The van der Waals surface area contributed by atoms with Gasteiger partial charge in [0.25, 0.3) is 11.8 Å². The predicted octanol–water partition coefficient (Wildman–Crippen LogP) is -1.59. The van der Waals surface area contributed by atoms with E-state index in [1.807, 2.05) is 0 Å². The maximum Gasteiger partial charge on any atom is 0.262 e. The van der Waals surface area contributed by atoms with Gasteiger partial charge < -0.3 is 15.0 Å². The molecular formula is C16H18N6O5. The zero-order chi connectivity index (χ0) is 19.6. The van der Waals surface area contributed by atoms with E-state index < -0.39 is 29.4 Å². The molecule has 0 aliphatic carbocycles. The van der Waals surface area contributed by atoms with Crippen molar-refractivity contribution in [2.45, 2.75) is 6.04 Å². The second-order valence-corrected chi connectivity index (χ2v) is 5.96. The van der Waals surface area contributed by atoms with Crippen LogP contribution in [0.4, 0.5) is 5.82 Å². The number of hydrogen-bond donors (Lipinski definition) is 1. The number of hydrogen-bond acceptors (Lipinski definition) is 9. The first-order valence-electron chi connectivity index (χ1n) is 8.09. The Labute approximate surface area is 154 Å². The van der Waals surface area contributed by atoms with Crippen molar-refractivity contribution in [3.8, 4) is 0 Å². The molecule has 3 heterocycles. The van der Waals surface area contributed by atoms with Gasteiger partial charge in [-0.2, -0.15) is 0 Å². The van der Waals surface area contributed by atoms with Crippen LogP contribution in [0.2, 0.25) is 0 Å². The van der Waals surface area contributed by atoms with E-state index in [1.54, 1.807) is 12.1 Å². The van der Waals surface area contributed by atoms with Crippen molar-refractivity contribution in [3.63, 3.8) is 0 Å². The van der Waals surface area contributed by atoms with Crippen LogP contribution in [0, 0.1) is 0 Å². The van der Waals surface area contributed by atoms with Crippen LogP contribution < -0.4 is 5.32 Å². The van der Waals surface area contributed by atoms with Gasteiger partial charge in [0.05, 0.1) is 19.5 Å². The third kappa shape index (κ3) is 3.55. The fourth-order valence-corrected chi connectivity index (χ4v) is 2.82. The molecule has 11 heteroatoms. The summed E-state index contributed by atoms with van der Waals surface area (Å²) in [7, 11) is 3.15. The van der Waals surface area contributed by atoms with Crippen LogP contribution in [0.5, 0.6) is 0 Å². The minimum atomic E-state index is -1.32. The summed E-state index contributed by atoms with van der Waals surface area (Å²) in [5, 5.41) is 5.30. The first-order chi connectivity index (χ1) is 12.9. The Morgan fingerprint density at radius 1 is 1.33 bits per heavy atom. The molecule has 1 saturated heterocycles. The van der Waals surface area contributed by atoms with Crippen LogP contribution in [0.15, 0.2) is 30.4 Å². The Hall–Kier alpha value is -3.18. The molecule has 1 aromatic rings. The van der Waals surface area contributed by atoms with Gasteiger partial charge in [-0.1, -0.05) is 0 Å². The van der Waals surface area contributed by atoms with Crippen LogP contribution in [0.1, 0.15) is 0 Å². The highest BCUT2D eigenvalue weighted by atomic mass is 16.5. The lowest BCUT2D eigenvalue weighted by atomic mass is 9.96. The zero-order valence-corrected chi connectivity index (χ0v) is 14.8. The van der Waals surface area contributed by atoms with E-state index in [0.29, 0.717) is 6.61 Å². The Balaban J connectivity index is 1.85. The monoisotopic (exact) mass is 374 g/mol. The van der Waals surface area contributed by atoms with Crippen LogP contribution in [0.25, 0.3) is 0 Å². The molecule has 0 bridgehead atoms. The average molecular weight is 374 g/mol. The number of fused-ring (bicyclic) bond motifs is 1. The number of carbonyl (C=O) groups is 4. The van der Waals surface area contributed by atoms with Gasteiger partial charge in [0, 0.05) is 39.3 Å². The number of nitrogens with zero attached hydrogens (tertiary/aromatic N) is 5. The van der Waals surface area contributed by atoms with E-state index in [4.69, 9.17) is 4.74 Å².